The fourth-order valence-corrected chi connectivity index (χ4v) is 4.51. The van der Waals surface area contributed by atoms with Crippen molar-refractivity contribution in [2.75, 3.05) is 26.7 Å². The average Bonchev–Trinajstić information content (AvgIpc) is 3.19. The lowest BCUT2D eigenvalue weighted by atomic mass is 9.79. The molecule has 1 aromatic rings. The lowest BCUT2D eigenvalue weighted by Crippen LogP contribution is -2.59. The van der Waals surface area contributed by atoms with Gasteiger partial charge in [-0.3, -0.25) is 9.89 Å². The van der Waals surface area contributed by atoms with E-state index in [4.69, 9.17) is 4.52 Å². The van der Waals surface area contributed by atoms with E-state index in [2.05, 4.69) is 39.5 Å². The molecule has 3 rings (SSSR count). The van der Waals surface area contributed by atoms with Crippen molar-refractivity contribution in [1.29, 1.82) is 0 Å². The van der Waals surface area contributed by atoms with Gasteiger partial charge in [0, 0.05) is 25.2 Å². The van der Waals surface area contributed by atoms with Crippen molar-refractivity contribution >= 4 is 29.9 Å². The van der Waals surface area contributed by atoms with Crippen LogP contribution in [0.4, 0.5) is 0 Å². The van der Waals surface area contributed by atoms with Crippen molar-refractivity contribution in [3.63, 3.8) is 0 Å². The molecule has 7 heteroatoms. The molecule has 0 amide bonds. The Balaban J connectivity index is 0.00000280. The van der Waals surface area contributed by atoms with E-state index in [1.54, 1.807) is 0 Å². The number of likely N-dealkylation sites (tertiary alicyclic amines) is 1. The van der Waals surface area contributed by atoms with Gasteiger partial charge >= 0.3 is 0 Å². The van der Waals surface area contributed by atoms with Gasteiger partial charge in [-0.2, -0.15) is 0 Å². The van der Waals surface area contributed by atoms with Crippen molar-refractivity contribution in [3.05, 3.63) is 17.5 Å². The SMILES string of the molecule is CN=C(NCc1cc(C(C)C)no1)NCC1(N2CCCCC2)CCCCC1.I. The van der Waals surface area contributed by atoms with Crippen LogP contribution in [0.25, 0.3) is 0 Å². The zero-order chi connectivity index (χ0) is 19.1. The van der Waals surface area contributed by atoms with E-state index < -0.39 is 0 Å². The summed E-state index contributed by atoms with van der Waals surface area (Å²) >= 11 is 0. The third kappa shape index (κ3) is 6.08. The van der Waals surface area contributed by atoms with Crippen molar-refractivity contribution in [2.45, 2.75) is 83.2 Å². The summed E-state index contributed by atoms with van der Waals surface area (Å²) in [5, 5.41) is 11.1. The summed E-state index contributed by atoms with van der Waals surface area (Å²) in [7, 11) is 1.84. The number of nitrogens with one attached hydrogen (secondary N) is 2. The molecule has 2 N–H and O–H groups in total. The van der Waals surface area contributed by atoms with Gasteiger partial charge in [0.25, 0.3) is 0 Å². The Kier molecular flexibility index (Phi) is 9.53. The molecule has 2 fully saturated rings. The normalized spacial score (nSPS) is 20.6. The zero-order valence-corrected chi connectivity index (χ0v) is 20.1. The van der Waals surface area contributed by atoms with E-state index in [1.165, 1.54) is 64.5 Å². The van der Waals surface area contributed by atoms with Gasteiger partial charge in [-0.1, -0.05) is 44.7 Å². The van der Waals surface area contributed by atoms with Crippen molar-refractivity contribution in [1.82, 2.24) is 20.7 Å². The highest BCUT2D eigenvalue weighted by molar-refractivity contribution is 14.0. The minimum Gasteiger partial charge on any atom is -0.359 e. The van der Waals surface area contributed by atoms with Crippen LogP contribution in [0, 0.1) is 0 Å². The highest BCUT2D eigenvalue weighted by Gasteiger charge is 2.38. The Hall–Kier alpha value is -0.830. The molecule has 1 aromatic heterocycles. The second-order valence-corrected chi connectivity index (χ2v) is 8.48. The van der Waals surface area contributed by atoms with Gasteiger partial charge in [0.2, 0.25) is 0 Å². The van der Waals surface area contributed by atoms with Crippen LogP contribution in [-0.4, -0.2) is 48.2 Å². The maximum absolute atomic E-state index is 5.43. The number of halogens is 1. The van der Waals surface area contributed by atoms with Crippen LogP contribution in [-0.2, 0) is 6.54 Å². The molecule has 28 heavy (non-hydrogen) atoms. The Morgan fingerprint density at radius 3 is 2.43 bits per heavy atom. The molecule has 6 nitrogen and oxygen atoms in total. The molecular weight excluding hydrogens is 465 g/mol. The van der Waals surface area contributed by atoms with Crippen LogP contribution in [0.1, 0.15) is 82.6 Å². The van der Waals surface area contributed by atoms with Gasteiger partial charge < -0.3 is 15.2 Å². The topological polar surface area (TPSA) is 65.7 Å². The number of guanidine groups is 1. The standard InChI is InChI=1S/C21H37N5O.HI/c1-17(2)19-14-18(27-25-19)15-23-20(22-3)24-16-21(10-6-4-7-11-21)26-12-8-5-9-13-26;/h14,17H,4-13,15-16H2,1-3H3,(H2,22,23,24);1H. The smallest absolute Gasteiger partial charge is 0.191 e. The van der Waals surface area contributed by atoms with Crippen LogP contribution in [0.5, 0.6) is 0 Å². The molecule has 0 radical (unpaired) electrons. The van der Waals surface area contributed by atoms with Crippen LogP contribution < -0.4 is 10.6 Å². The Morgan fingerprint density at radius 2 is 1.82 bits per heavy atom. The second kappa shape index (κ2) is 11.4. The first-order chi connectivity index (χ1) is 13.1. The van der Waals surface area contributed by atoms with Crippen LogP contribution in [0.3, 0.4) is 0 Å². The number of hydrogen-bond acceptors (Lipinski definition) is 4. The van der Waals surface area contributed by atoms with Crippen molar-refractivity contribution in [3.8, 4) is 0 Å². The number of rotatable bonds is 6. The number of aromatic nitrogens is 1. The average molecular weight is 503 g/mol. The highest BCUT2D eigenvalue weighted by atomic mass is 127. The van der Waals surface area contributed by atoms with E-state index in [-0.39, 0.29) is 24.0 Å². The molecule has 2 aliphatic rings. The van der Waals surface area contributed by atoms with Crippen LogP contribution in [0.2, 0.25) is 0 Å². The molecule has 2 heterocycles. The van der Waals surface area contributed by atoms with E-state index in [0.717, 1.165) is 24.0 Å². The number of nitrogens with zero attached hydrogens (tertiary/aromatic N) is 3. The monoisotopic (exact) mass is 503 g/mol. The summed E-state index contributed by atoms with van der Waals surface area (Å²) in [6.45, 7) is 8.34. The van der Waals surface area contributed by atoms with Gasteiger partial charge in [0.15, 0.2) is 11.7 Å². The molecule has 160 valence electrons. The number of piperidine rings is 1. The first kappa shape index (κ1) is 23.4. The summed E-state index contributed by atoms with van der Waals surface area (Å²) in [6.07, 6.45) is 10.8. The molecule has 1 saturated carbocycles. The highest BCUT2D eigenvalue weighted by Crippen LogP contribution is 2.35. The molecule has 0 aromatic carbocycles. The lowest BCUT2D eigenvalue weighted by Gasteiger charge is -2.48. The van der Waals surface area contributed by atoms with Gasteiger partial charge in [-0.25, -0.2) is 0 Å². The zero-order valence-electron chi connectivity index (χ0n) is 17.8. The first-order valence-electron chi connectivity index (χ1n) is 10.8. The minimum atomic E-state index is 0. The first-order valence-corrected chi connectivity index (χ1v) is 10.8. The molecule has 1 aliphatic heterocycles. The van der Waals surface area contributed by atoms with Crippen molar-refractivity contribution < 1.29 is 4.52 Å². The third-order valence-electron chi connectivity index (χ3n) is 6.22. The number of hydrogen-bond donors (Lipinski definition) is 2. The largest absolute Gasteiger partial charge is 0.359 e. The Bertz CT molecular complexity index is 604. The summed E-state index contributed by atoms with van der Waals surface area (Å²) < 4.78 is 5.43. The lowest BCUT2D eigenvalue weighted by molar-refractivity contribution is 0.0368. The minimum absolute atomic E-state index is 0. The molecule has 0 spiro atoms. The maximum atomic E-state index is 5.43. The number of aliphatic imine (C=N–C) groups is 1. The van der Waals surface area contributed by atoms with Gasteiger partial charge in [-0.05, 0) is 44.7 Å². The van der Waals surface area contributed by atoms with Gasteiger partial charge in [0.05, 0.1) is 12.2 Å². The molecule has 0 bridgehead atoms. The maximum Gasteiger partial charge on any atom is 0.191 e. The summed E-state index contributed by atoms with van der Waals surface area (Å²) in [4.78, 5) is 7.18. The quantitative estimate of drug-likeness (QED) is 0.345. The Morgan fingerprint density at radius 1 is 1.14 bits per heavy atom. The third-order valence-corrected chi connectivity index (χ3v) is 6.22. The fraction of sp³-hybridized carbons (Fsp3) is 0.810. The van der Waals surface area contributed by atoms with Crippen LogP contribution in [0.15, 0.2) is 15.6 Å². The van der Waals surface area contributed by atoms with Crippen molar-refractivity contribution in [2.24, 2.45) is 4.99 Å². The van der Waals surface area contributed by atoms with Gasteiger partial charge in [-0.15, -0.1) is 24.0 Å². The fourth-order valence-electron chi connectivity index (χ4n) is 4.51. The summed E-state index contributed by atoms with van der Waals surface area (Å²) in [5.41, 5.74) is 1.30. The predicted molar refractivity (Wildman–Crippen MR) is 125 cm³/mol. The second-order valence-electron chi connectivity index (χ2n) is 8.48. The molecular formula is C21H38IN5O. The molecule has 1 aliphatic carbocycles. The predicted octanol–water partition coefficient (Wildman–Crippen LogP) is 4.27. The van der Waals surface area contributed by atoms with Gasteiger partial charge in [0.1, 0.15) is 0 Å². The van der Waals surface area contributed by atoms with E-state index in [0.29, 0.717) is 18.0 Å². The Labute approximate surface area is 187 Å². The van der Waals surface area contributed by atoms with Crippen LogP contribution >= 0.6 is 24.0 Å². The van der Waals surface area contributed by atoms with E-state index in [9.17, 15) is 0 Å². The summed E-state index contributed by atoms with van der Waals surface area (Å²) in [5.74, 6) is 2.08. The molecule has 0 unspecified atom stereocenters. The van der Waals surface area contributed by atoms with E-state index in [1.807, 2.05) is 13.1 Å². The van der Waals surface area contributed by atoms with E-state index >= 15 is 0 Å². The molecule has 0 atom stereocenters. The summed E-state index contributed by atoms with van der Waals surface area (Å²) in [6, 6.07) is 2.03. The molecule has 1 saturated heterocycles.